The fourth-order valence-corrected chi connectivity index (χ4v) is 2.10. The van der Waals surface area contributed by atoms with Gasteiger partial charge in [0.15, 0.2) is 0 Å². The van der Waals surface area contributed by atoms with Gasteiger partial charge in [-0.2, -0.15) is 0 Å². The van der Waals surface area contributed by atoms with Gasteiger partial charge in [0.2, 0.25) is 0 Å². The van der Waals surface area contributed by atoms with Crippen LogP contribution in [0.2, 0.25) is 0 Å². The molecule has 2 N–H and O–H groups in total. The number of hydrogen-bond donors (Lipinski definition) is 2. The summed E-state index contributed by atoms with van der Waals surface area (Å²) in [6.07, 6.45) is 2.41. The standard InChI is InChI=1S/C18H27NO3/c1-5-6-12-16(20)15(13-14-10-8-7-9-11-14)19-17(21)22-18(2,3)4/h5,7-11,15-16,20H,1,6,12-13H2,2-4H3,(H,19,21)/t15-,16?/m0/s1. The Hall–Kier alpha value is -1.81. The summed E-state index contributed by atoms with van der Waals surface area (Å²) < 4.78 is 5.28. The SMILES string of the molecule is C=CCCC(O)[C@H](Cc1ccccc1)NC(=O)OC(C)(C)C. The van der Waals surface area contributed by atoms with Crippen LogP contribution in [0, 0.1) is 0 Å². The van der Waals surface area contributed by atoms with Crippen molar-refractivity contribution in [2.75, 3.05) is 0 Å². The van der Waals surface area contributed by atoms with Gasteiger partial charge in [0.25, 0.3) is 0 Å². The lowest BCUT2D eigenvalue weighted by atomic mass is 9.98. The zero-order valence-electron chi connectivity index (χ0n) is 13.7. The normalized spacial score (nSPS) is 14.0. The van der Waals surface area contributed by atoms with E-state index in [0.29, 0.717) is 19.3 Å². The average Bonchev–Trinajstić information content (AvgIpc) is 2.43. The molecule has 1 aromatic rings. The Morgan fingerprint density at radius 3 is 2.55 bits per heavy atom. The van der Waals surface area contributed by atoms with Crippen LogP contribution in [-0.4, -0.2) is 28.9 Å². The molecule has 0 aliphatic carbocycles. The first kappa shape index (κ1) is 18.2. The van der Waals surface area contributed by atoms with Crippen molar-refractivity contribution in [3.63, 3.8) is 0 Å². The first-order valence-corrected chi connectivity index (χ1v) is 7.64. The number of alkyl carbamates (subject to hydrolysis) is 1. The lowest BCUT2D eigenvalue weighted by Gasteiger charge is -2.26. The molecule has 1 amide bonds. The van der Waals surface area contributed by atoms with E-state index in [2.05, 4.69) is 11.9 Å². The Labute approximate surface area is 133 Å². The first-order valence-electron chi connectivity index (χ1n) is 7.64. The predicted molar refractivity (Wildman–Crippen MR) is 88.7 cm³/mol. The van der Waals surface area contributed by atoms with Gasteiger partial charge in [-0.3, -0.25) is 0 Å². The van der Waals surface area contributed by atoms with Crippen molar-refractivity contribution in [3.8, 4) is 0 Å². The Kier molecular flexibility index (Phi) is 7.12. The van der Waals surface area contributed by atoms with Gasteiger partial charge in [0.1, 0.15) is 5.60 Å². The number of carbonyl (C=O) groups excluding carboxylic acids is 1. The fraction of sp³-hybridized carbons (Fsp3) is 0.500. The van der Waals surface area contributed by atoms with E-state index in [4.69, 9.17) is 4.74 Å². The molecule has 0 bridgehead atoms. The molecule has 22 heavy (non-hydrogen) atoms. The summed E-state index contributed by atoms with van der Waals surface area (Å²) in [5, 5.41) is 13.1. The maximum Gasteiger partial charge on any atom is 0.407 e. The lowest BCUT2D eigenvalue weighted by Crippen LogP contribution is -2.46. The summed E-state index contributed by atoms with van der Waals surface area (Å²) in [6.45, 7) is 9.10. The van der Waals surface area contributed by atoms with Gasteiger partial charge in [0, 0.05) is 0 Å². The second-order valence-electron chi connectivity index (χ2n) is 6.38. The van der Waals surface area contributed by atoms with Crippen LogP contribution in [0.1, 0.15) is 39.2 Å². The number of allylic oxidation sites excluding steroid dienone is 1. The molecule has 0 saturated heterocycles. The number of rotatable bonds is 7. The van der Waals surface area contributed by atoms with Gasteiger partial charge in [-0.1, -0.05) is 36.4 Å². The van der Waals surface area contributed by atoms with Gasteiger partial charge in [-0.15, -0.1) is 6.58 Å². The topological polar surface area (TPSA) is 58.6 Å². The van der Waals surface area contributed by atoms with E-state index >= 15 is 0 Å². The van der Waals surface area contributed by atoms with Crippen LogP contribution < -0.4 is 5.32 Å². The molecule has 0 spiro atoms. The third-order valence-electron chi connectivity index (χ3n) is 3.13. The number of benzene rings is 1. The highest BCUT2D eigenvalue weighted by Crippen LogP contribution is 2.12. The third kappa shape index (κ3) is 7.27. The summed E-state index contributed by atoms with van der Waals surface area (Å²) in [7, 11) is 0. The molecule has 1 rings (SSSR count). The van der Waals surface area contributed by atoms with Crippen molar-refractivity contribution >= 4 is 6.09 Å². The van der Waals surface area contributed by atoms with Gasteiger partial charge in [-0.25, -0.2) is 4.79 Å². The van der Waals surface area contributed by atoms with E-state index in [0.717, 1.165) is 5.56 Å². The molecule has 0 fully saturated rings. The number of carbonyl (C=O) groups is 1. The molecular formula is C18H27NO3. The van der Waals surface area contributed by atoms with E-state index < -0.39 is 23.8 Å². The van der Waals surface area contributed by atoms with Crippen LogP contribution >= 0.6 is 0 Å². The molecule has 0 radical (unpaired) electrons. The van der Waals surface area contributed by atoms with Crippen LogP contribution in [0.3, 0.4) is 0 Å². The minimum Gasteiger partial charge on any atom is -0.444 e. The molecule has 4 nitrogen and oxygen atoms in total. The van der Waals surface area contributed by atoms with Gasteiger partial charge >= 0.3 is 6.09 Å². The summed E-state index contributed by atoms with van der Waals surface area (Å²) in [6, 6.07) is 9.38. The minimum atomic E-state index is -0.647. The molecule has 1 unspecified atom stereocenters. The largest absolute Gasteiger partial charge is 0.444 e. The quantitative estimate of drug-likeness (QED) is 0.759. The fourth-order valence-electron chi connectivity index (χ4n) is 2.10. The zero-order valence-corrected chi connectivity index (χ0v) is 13.7. The Morgan fingerprint density at radius 1 is 1.36 bits per heavy atom. The van der Waals surface area contributed by atoms with Crippen LogP contribution in [0.25, 0.3) is 0 Å². The Bertz CT molecular complexity index is 465. The van der Waals surface area contributed by atoms with Crippen LogP contribution in [0.15, 0.2) is 43.0 Å². The van der Waals surface area contributed by atoms with Crippen molar-refractivity contribution in [3.05, 3.63) is 48.6 Å². The lowest BCUT2D eigenvalue weighted by molar-refractivity contribution is 0.0414. The second kappa shape index (κ2) is 8.59. The highest BCUT2D eigenvalue weighted by atomic mass is 16.6. The monoisotopic (exact) mass is 305 g/mol. The molecule has 0 heterocycles. The van der Waals surface area contributed by atoms with E-state index in [-0.39, 0.29) is 0 Å². The number of nitrogens with one attached hydrogen (secondary N) is 1. The molecule has 4 heteroatoms. The summed E-state index contributed by atoms with van der Waals surface area (Å²) >= 11 is 0. The number of aliphatic hydroxyl groups excluding tert-OH is 1. The maximum atomic E-state index is 12.0. The molecule has 122 valence electrons. The van der Waals surface area contributed by atoms with Crippen molar-refractivity contribution in [2.45, 2.75) is 57.8 Å². The molecule has 0 aliphatic heterocycles. The van der Waals surface area contributed by atoms with Crippen molar-refractivity contribution in [1.29, 1.82) is 0 Å². The minimum absolute atomic E-state index is 0.391. The average molecular weight is 305 g/mol. The molecular weight excluding hydrogens is 278 g/mol. The number of ether oxygens (including phenoxy) is 1. The Morgan fingerprint density at radius 2 is 2.00 bits per heavy atom. The van der Waals surface area contributed by atoms with Gasteiger partial charge in [-0.05, 0) is 45.6 Å². The molecule has 0 aliphatic rings. The van der Waals surface area contributed by atoms with E-state index in [9.17, 15) is 9.90 Å². The summed E-state index contributed by atoms with van der Waals surface area (Å²) in [5.74, 6) is 0. The predicted octanol–water partition coefficient (Wildman–Crippen LogP) is 3.45. The molecule has 0 saturated carbocycles. The number of amides is 1. The maximum absolute atomic E-state index is 12.0. The van der Waals surface area contributed by atoms with Crippen molar-refractivity contribution < 1.29 is 14.6 Å². The Balaban J connectivity index is 2.73. The molecule has 0 aromatic heterocycles. The van der Waals surface area contributed by atoms with Crippen LogP contribution in [-0.2, 0) is 11.2 Å². The number of aliphatic hydroxyl groups is 1. The van der Waals surface area contributed by atoms with E-state index in [1.165, 1.54) is 0 Å². The highest BCUT2D eigenvalue weighted by Gasteiger charge is 2.24. The summed E-state index contributed by atoms with van der Waals surface area (Å²) in [5.41, 5.74) is 0.495. The highest BCUT2D eigenvalue weighted by molar-refractivity contribution is 5.68. The van der Waals surface area contributed by atoms with E-state index in [1.807, 2.05) is 51.1 Å². The summed E-state index contributed by atoms with van der Waals surface area (Å²) in [4.78, 5) is 12.0. The molecule has 1 aromatic carbocycles. The van der Waals surface area contributed by atoms with Gasteiger partial charge < -0.3 is 15.2 Å². The van der Waals surface area contributed by atoms with Crippen molar-refractivity contribution in [1.82, 2.24) is 5.32 Å². The zero-order chi connectivity index (χ0) is 16.6. The van der Waals surface area contributed by atoms with Crippen LogP contribution in [0.4, 0.5) is 4.79 Å². The first-order chi connectivity index (χ1) is 10.3. The van der Waals surface area contributed by atoms with Crippen molar-refractivity contribution in [2.24, 2.45) is 0 Å². The number of hydrogen-bond acceptors (Lipinski definition) is 3. The van der Waals surface area contributed by atoms with Gasteiger partial charge in [0.05, 0.1) is 12.1 Å². The smallest absolute Gasteiger partial charge is 0.407 e. The van der Waals surface area contributed by atoms with E-state index in [1.54, 1.807) is 6.08 Å². The third-order valence-corrected chi connectivity index (χ3v) is 3.13. The molecule has 2 atom stereocenters. The van der Waals surface area contributed by atoms with Crippen LogP contribution in [0.5, 0.6) is 0 Å². The second-order valence-corrected chi connectivity index (χ2v) is 6.38.